The normalized spacial score (nSPS) is 10.8. The minimum absolute atomic E-state index is 0.167. The van der Waals surface area contributed by atoms with E-state index in [1.54, 1.807) is 30.6 Å². The molecule has 0 radical (unpaired) electrons. The van der Waals surface area contributed by atoms with Crippen LogP contribution in [-0.2, 0) is 4.79 Å². The topological polar surface area (TPSA) is 88.9 Å². The zero-order valence-electron chi connectivity index (χ0n) is 17.3. The highest BCUT2D eigenvalue weighted by Gasteiger charge is 2.12. The molecule has 0 saturated heterocycles. The molecule has 7 nitrogen and oxygen atoms in total. The van der Waals surface area contributed by atoms with E-state index in [1.807, 2.05) is 23.6 Å². The zero-order chi connectivity index (χ0) is 21.5. The van der Waals surface area contributed by atoms with Gasteiger partial charge >= 0.3 is 0 Å². The Bertz CT molecular complexity index is 1010. The number of nitrogens with zero attached hydrogens (tertiary/aromatic N) is 3. The molecule has 3 aromatic rings. The van der Waals surface area contributed by atoms with Crippen molar-refractivity contribution in [1.29, 1.82) is 0 Å². The minimum Gasteiger partial charge on any atom is -0.352 e. The molecule has 0 spiro atoms. The molecule has 156 valence electrons. The largest absolute Gasteiger partial charge is 0.352 e. The maximum absolute atomic E-state index is 12.4. The first-order valence-electron chi connectivity index (χ1n) is 9.79. The van der Waals surface area contributed by atoms with Crippen molar-refractivity contribution in [3.63, 3.8) is 0 Å². The van der Waals surface area contributed by atoms with Crippen LogP contribution in [0.4, 0.5) is 5.69 Å². The van der Waals surface area contributed by atoms with Gasteiger partial charge in [0.15, 0.2) is 5.16 Å². The number of thioether (sulfide) groups is 1. The van der Waals surface area contributed by atoms with Gasteiger partial charge in [-0.05, 0) is 48.7 Å². The van der Waals surface area contributed by atoms with Crippen molar-refractivity contribution in [2.45, 2.75) is 31.8 Å². The quantitative estimate of drug-likeness (QED) is 0.537. The fourth-order valence-electron chi connectivity index (χ4n) is 2.85. The standard InChI is InChI=1S/C22H25N5O2S/c1-4-23-21(29)17-6-5-7-18(12-17)25-20(28)13-30-22-26-24-14-27(22)19-10-8-16(9-11-19)15(2)3/h5-12,14-15H,4,13H2,1-3H3,(H,23,29)(H,25,28). The van der Waals surface area contributed by atoms with Crippen LogP contribution in [0, 0.1) is 0 Å². The number of nitrogens with one attached hydrogen (secondary N) is 2. The fraction of sp³-hybridized carbons (Fsp3) is 0.273. The minimum atomic E-state index is -0.183. The van der Waals surface area contributed by atoms with Crippen molar-refractivity contribution in [2.24, 2.45) is 0 Å². The molecule has 1 aromatic heterocycles. The number of hydrogen-bond donors (Lipinski definition) is 2. The van der Waals surface area contributed by atoms with Crippen LogP contribution in [0.3, 0.4) is 0 Å². The second-order valence-corrected chi connectivity index (χ2v) is 7.95. The summed E-state index contributed by atoms with van der Waals surface area (Å²) in [5.41, 5.74) is 3.29. The second-order valence-electron chi connectivity index (χ2n) is 7.01. The number of anilines is 1. The SMILES string of the molecule is CCNC(=O)c1cccc(NC(=O)CSc2nncn2-c2ccc(C(C)C)cc2)c1. The third-order valence-corrected chi connectivity index (χ3v) is 5.38. The van der Waals surface area contributed by atoms with Gasteiger partial charge in [0, 0.05) is 23.5 Å². The van der Waals surface area contributed by atoms with Crippen LogP contribution in [0.15, 0.2) is 60.0 Å². The van der Waals surface area contributed by atoms with Gasteiger partial charge in [-0.3, -0.25) is 14.2 Å². The molecule has 0 fully saturated rings. The van der Waals surface area contributed by atoms with Gasteiger partial charge < -0.3 is 10.6 Å². The van der Waals surface area contributed by atoms with Crippen molar-refractivity contribution in [3.8, 4) is 5.69 Å². The smallest absolute Gasteiger partial charge is 0.251 e. The first kappa shape index (κ1) is 21.6. The molecule has 30 heavy (non-hydrogen) atoms. The molecule has 0 saturated carbocycles. The molecule has 2 N–H and O–H groups in total. The van der Waals surface area contributed by atoms with Crippen molar-refractivity contribution in [3.05, 3.63) is 66.0 Å². The Morgan fingerprint density at radius 3 is 2.60 bits per heavy atom. The van der Waals surface area contributed by atoms with Crippen LogP contribution in [0.25, 0.3) is 5.69 Å². The summed E-state index contributed by atoms with van der Waals surface area (Å²) in [5, 5.41) is 14.3. The maximum Gasteiger partial charge on any atom is 0.251 e. The van der Waals surface area contributed by atoms with Crippen LogP contribution in [0.1, 0.15) is 42.6 Å². The first-order chi connectivity index (χ1) is 14.5. The Balaban J connectivity index is 1.62. The number of rotatable bonds is 8. The van der Waals surface area contributed by atoms with E-state index in [9.17, 15) is 9.59 Å². The molecule has 0 aliphatic rings. The predicted octanol–water partition coefficient (Wildman–Crippen LogP) is 3.87. The number of amides is 2. The van der Waals surface area contributed by atoms with Gasteiger partial charge in [0.1, 0.15) is 6.33 Å². The highest BCUT2D eigenvalue weighted by molar-refractivity contribution is 7.99. The van der Waals surface area contributed by atoms with Crippen molar-refractivity contribution >= 4 is 29.3 Å². The molecular formula is C22H25N5O2S. The summed E-state index contributed by atoms with van der Waals surface area (Å²) in [6.45, 7) is 6.71. The van der Waals surface area contributed by atoms with E-state index in [4.69, 9.17) is 0 Å². The van der Waals surface area contributed by atoms with Gasteiger partial charge in [0.05, 0.1) is 5.75 Å². The van der Waals surface area contributed by atoms with Crippen molar-refractivity contribution < 1.29 is 9.59 Å². The van der Waals surface area contributed by atoms with E-state index >= 15 is 0 Å². The monoisotopic (exact) mass is 423 g/mol. The molecule has 0 aliphatic heterocycles. The van der Waals surface area contributed by atoms with Crippen LogP contribution in [-0.4, -0.2) is 38.9 Å². The summed E-state index contributed by atoms with van der Waals surface area (Å²) in [5.74, 6) is 0.287. The molecule has 0 bridgehead atoms. The van der Waals surface area contributed by atoms with Gasteiger partial charge in [-0.15, -0.1) is 10.2 Å². The highest BCUT2D eigenvalue weighted by atomic mass is 32.2. The third-order valence-electron chi connectivity index (χ3n) is 4.43. The lowest BCUT2D eigenvalue weighted by Crippen LogP contribution is -2.23. The Morgan fingerprint density at radius 1 is 1.13 bits per heavy atom. The molecule has 2 amide bonds. The maximum atomic E-state index is 12.4. The van der Waals surface area contributed by atoms with Gasteiger partial charge in [0.25, 0.3) is 5.91 Å². The number of carbonyl (C=O) groups excluding carboxylic acids is 2. The van der Waals surface area contributed by atoms with E-state index in [-0.39, 0.29) is 17.6 Å². The molecule has 1 heterocycles. The lowest BCUT2D eigenvalue weighted by molar-refractivity contribution is -0.113. The number of aromatic nitrogens is 3. The van der Waals surface area contributed by atoms with E-state index < -0.39 is 0 Å². The van der Waals surface area contributed by atoms with Gasteiger partial charge in [-0.25, -0.2) is 0 Å². The second kappa shape index (κ2) is 10.1. The summed E-state index contributed by atoms with van der Waals surface area (Å²) < 4.78 is 1.86. The molecule has 2 aromatic carbocycles. The molecule has 0 unspecified atom stereocenters. The Labute approximate surface area is 180 Å². The Kier molecular flexibility index (Phi) is 7.24. The lowest BCUT2D eigenvalue weighted by Gasteiger charge is -2.10. The Morgan fingerprint density at radius 2 is 1.90 bits per heavy atom. The first-order valence-corrected chi connectivity index (χ1v) is 10.8. The van der Waals surface area contributed by atoms with Crippen molar-refractivity contribution in [2.75, 3.05) is 17.6 Å². The summed E-state index contributed by atoms with van der Waals surface area (Å²) in [7, 11) is 0. The fourth-order valence-corrected chi connectivity index (χ4v) is 3.58. The summed E-state index contributed by atoms with van der Waals surface area (Å²) in [4.78, 5) is 24.3. The average molecular weight is 424 g/mol. The van der Waals surface area contributed by atoms with E-state index in [2.05, 4.69) is 46.8 Å². The van der Waals surface area contributed by atoms with Crippen LogP contribution >= 0.6 is 11.8 Å². The molecular weight excluding hydrogens is 398 g/mol. The molecule has 3 rings (SSSR count). The van der Waals surface area contributed by atoms with Crippen LogP contribution < -0.4 is 10.6 Å². The lowest BCUT2D eigenvalue weighted by atomic mass is 10.0. The third kappa shape index (κ3) is 5.48. The number of benzene rings is 2. The van der Waals surface area contributed by atoms with Gasteiger partial charge in [0.2, 0.25) is 5.91 Å². The zero-order valence-corrected chi connectivity index (χ0v) is 18.1. The molecule has 8 heteroatoms. The van der Waals surface area contributed by atoms with Gasteiger partial charge in [-0.1, -0.05) is 43.8 Å². The average Bonchev–Trinajstić information content (AvgIpc) is 3.21. The van der Waals surface area contributed by atoms with Crippen LogP contribution in [0.2, 0.25) is 0 Å². The predicted molar refractivity (Wildman–Crippen MR) is 119 cm³/mol. The Hall–Kier alpha value is -3.13. The van der Waals surface area contributed by atoms with E-state index in [1.165, 1.54) is 17.3 Å². The van der Waals surface area contributed by atoms with Crippen molar-refractivity contribution in [1.82, 2.24) is 20.1 Å². The highest BCUT2D eigenvalue weighted by Crippen LogP contribution is 2.22. The molecule has 0 atom stereocenters. The molecule has 0 aliphatic carbocycles. The summed E-state index contributed by atoms with van der Waals surface area (Å²) >= 11 is 1.30. The van der Waals surface area contributed by atoms with Crippen LogP contribution in [0.5, 0.6) is 0 Å². The van der Waals surface area contributed by atoms with E-state index in [0.717, 1.165) is 5.69 Å². The summed E-state index contributed by atoms with van der Waals surface area (Å²) in [6.07, 6.45) is 1.64. The van der Waals surface area contributed by atoms with Gasteiger partial charge in [-0.2, -0.15) is 0 Å². The number of carbonyl (C=O) groups is 2. The van der Waals surface area contributed by atoms with E-state index in [0.29, 0.717) is 28.9 Å². The number of hydrogen-bond acceptors (Lipinski definition) is 5. The summed E-state index contributed by atoms with van der Waals surface area (Å²) in [6, 6.07) is 15.1.